The Morgan fingerprint density at radius 1 is 1.12 bits per heavy atom. The van der Waals surface area contributed by atoms with E-state index in [-0.39, 0.29) is 29.9 Å². The minimum Gasteiger partial charge on any atom is -0.378 e. The molecule has 0 aromatic heterocycles. The van der Waals surface area contributed by atoms with Crippen LogP contribution in [0.4, 0.5) is 0 Å². The summed E-state index contributed by atoms with van der Waals surface area (Å²) < 4.78 is 5.36. The Morgan fingerprint density at radius 3 is 2.42 bits per heavy atom. The summed E-state index contributed by atoms with van der Waals surface area (Å²) in [5, 5.41) is 3.67. The third-order valence-electron chi connectivity index (χ3n) is 5.67. The highest BCUT2D eigenvalue weighted by Crippen LogP contribution is 2.34. The molecule has 2 unspecified atom stereocenters. The molecule has 26 heavy (non-hydrogen) atoms. The second-order valence-corrected chi connectivity index (χ2v) is 7.53. The highest BCUT2D eigenvalue weighted by atomic mass is 127. The molecule has 0 bridgehead atoms. The maximum atomic E-state index is 12.7. The summed E-state index contributed by atoms with van der Waals surface area (Å²) >= 11 is 0. The number of carbonyl (C=O) groups excluding carboxylic acids is 1. The zero-order valence-corrected chi connectivity index (χ0v) is 18.6. The average Bonchev–Trinajstić information content (AvgIpc) is 3.39. The van der Waals surface area contributed by atoms with Gasteiger partial charge in [-0.15, -0.1) is 24.0 Å². The van der Waals surface area contributed by atoms with E-state index in [4.69, 9.17) is 9.73 Å². The molecule has 3 rings (SSSR count). The van der Waals surface area contributed by atoms with Crippen LogP contribution in [0.1, 0.15) is 46.0 Å². The largest absolute Gasteiger partial charge is 0.378 e. The summed E-state index contributed by atoms with van der Waals surface area (Å²) in [6.07, 6.45) is 5.72. The molecule has 3 fully saturated rings. The van der Waals surface area contributed by atoms with Crippen LogP contribution in [-0.4, -0.2) is 73.6 Å². The molecule has 3 aliphatic rings. The Balaban J connectivity index is 0.00000243. The van der Waals surface area contributed by atoms with Crippen LogP contribution in [0.15, 0.2) is 4.99 Å². The number of morpholine rings is 1. The molecule has 0 radical (unpaired) electrons. The molecule has 0 spiro atoms. The molecule has 6 nitrogen and oxygen atoms in total. The van der Waals surface area contributed by atoms with Crippen LogP contribution in [0, 0.1) is 11.8 Å². The van der Waals surface area contributed by atoms with Gasteiger partial charge in [-0.1, -0.05) is 13.3 Å². The third kappa shape index (κ3) is 5.71. The number of aliphatic imine (C=N–C) groups is 1. The number of carbonyl (C=O) groups is 1. The first-order valence-electron chi connectivity index (χ1n) is 10.1. The van der Waals surface area contributed by atoms with Crippen LogP contribution < -0.4 is 5.32 Å². The van der Waals surface area contributed by atoms with Crippen LogP contribution in [0.5, 0.6) is 0 Å². The monoisotopic (exact) mass is 478 g/mol. The van der Waals surface area contributed by atoms with E-state index in [0.717, 1.165) is 57.4 Å². The lowest BCUT2D eigenvalue weighted by atomic mass is 9.95. The summed E-state index contributed by atoms with van der Waals surface area (Å²) in [5.41, 5.74) is 0. The van der Waals surface area contributed by atoms with Crippen molar-refractivity contribution in [2.75, 3.05) is 45.9 Å². The number of nitrogens with one attached hydrogen (secondary N) is 1. The highest BCUT2D eigenvalue weighted by Gasteiger charge is 2.38. The number of piperidine rings is 1. The van der Waals surface area contributed by atoms with E-state index in [1.807, 2.05) is 4.90 Å². The van der Waals surface area contributed by atoms with Gasteiger partial charge in [0.1, 0.15) is 0 Å². The predicted octanol–water partition coefficient (Wildman–Crippen LogP) is 2.33. The summed E-state index contributed by atoms with van der Waals surface area (Å²) in [6.45, 7) is 9.88. The van der Waals surface area contributed by atoms with E-state index in [2.05, 4.69) is 24.1 Å². The van der Waals surface area contributed by atoms with Crippen LogP contribution in [0.25, 0.3) is 0 Å². The Kier molecular flexibility index (Phi) is 8.93. The highest BCUT2D eigenvalue weighted by molar-refractivity contribution is 14.0. The maximum absolute atomic E-state index is 12.7. The molecule has 150 valence electrons. The van der Waals surface area contributed by atoms with Gasteiger partial charge < -0.3 is 19.9 Å². The van der Waals surface area contributed by atoms with Crippen LogP contribution in [0.2, 0.25) is 0 Å². The van der Waals surface area contributed by atoms with E-state index in [1.54, 1.807) is 0 Å². The van der Waals surface area contributed by atoms with E-state index in [0.29, 0.717) is 25.2 Å². The minimum absolute atomic E-state index is 0. The fourth-order valence-corrected chi connectivity index (χ4v) is 4.05. The molecule has 1 amide bonds. The number of guanidine groups is 1. The first-order valence-corrected chi connectivity index (χ1v) is 10.1. The van der Waals surface area contributed by atoms with E-state index < -0.39 is 0 Å². The van der Waals surface area contributed by atoms with Crippen molar-refractivity contribution in [2.45, 2.75) is 52.0 Å². The molecular weight excluding hydrogens is 443 g/mol. The van der Waals surface area contributed by atoms with E-state index in [9.17, 15) is 4.79 Å². The van der Waals surface area contributed by atoms with E-state index >= 15 is 0 Å². The zero-order valence-electron chi connectivity index (χ0n) is 16.3. The second kappa shape index (κ2) is 10.7. The van der Waals surface area contributed by atoms with Crippen LogP contribution in [-0.2, 0) is 9.53 Å². The fraction of sp³-hybridized carbons (Fsp3) is 0.895. The van der Waals surface area contributed by atoms with Crippen molar-refractivity contribution < 1.29 is 9.53 Å². The van der Waals surface area contributed by atoms with Gasteiger partial charge in [-0.2, -0.15) is 0 Å². The lowest BCUT2D eigenvalue weighted by molar-refractivity contribution is -0.140. The van der Waals surface area contributed by atoms with Gasteiger partial charge in [-0.25, -0.2) is 0 Å². The Labute approximate surface area is 175 Å². The van der Waals surface area contributed by atoms with E-state index in [1.165, 1.54) is 19.3 Å². The molecule has 0 aromatic rings. The predicted molar refractivity (Wildman–Crippen MR) is 115 cm³/mol. The van der Waals surface area contributed by atoms with Gasteiger partial charge in [0, 0.05) is 44.7 Å². The molecule has 1 aliphatic carbocycles. The standard InChI is InChI=1S/C19H34N4O2.HI/c1-3-5-16-14-17(16)21-19(20-4-2)23-8-6-15(7-9-23)18(24)22-10-12-25-13-11-22;/h15-17H,3-14H2,1-2H3,(H,20,21);1H. The summed E-state index contributed by atoms with van der Waals surface area (Å²) in [6, 6.07) is 0.609. The Hall–Kier alpha value is -0.570. The van der Waals surface area contributed by atoms with Crippen molar-refractivity contribution in [3.05, 3.63) is 0 Å². The van der Waals surface area contributed by atoms with Crippen molar-refractivity contribution in [2.24, 2.45) is 16.8 Å². The number of hydrogen-bond donors (Lipinski definition) is 1. The van der Waals surface area contributed by atoms with Gasteiger partial charge in [0.15, 0.2) is 5.96 Å². The van der Waals surface area contributed by atoms with Gasteiger partial charge >= 0.3 is 0 Å². The molecule has 1 N–H and O–H groups in total. The molecule has 0 aromatic carbocycles. The number of hydrogen-bond acceptors (Lipinski definition) is 3. The zero-order chi connectivity index (χ0) is 17.6. The molecule has 7 heteroatoms. The van der Waals surface area contributed by atoms with Crippen molar-refractivity contribution >= 4 is 35.8 Å². The molecule has 1 saturated carbocycles. The van der Waals surface area contributed by atoms with Crippen molar-refractivity contribution in [1.82, 2.24) is 15.1 Å². The Morgan fingerprint density at radius 2 is 1.81 bits per heavy atom. The van der Waals surface area contributed by atoms with Crippen molar-refractivity contribution in [1.29, 1.82) is 0 Å². The Bertz CT molecular complexity index is 474. The maximum Gasteiger partial charge on any atom is 0.225 e. The fourth-order valence-electron chi connectivity index (χ4n) is 4.05. The topological polar surface area (TPSA) is 57.2 Å². The van der Waals surface area contributed by atoms with Crippen molar-refractivity contribution in [3.8, 4) is 0 Å². The van der Waals surface area contributed by atoms with Gasteiger partial charge in [0.25, 0.3) is 0 Å². The minimum atomic E-state index is 0. The number of halogens is 1. The molecule has 2 aliphatic heterocycles. The SMILES string of the molecule is CCCC1CC1NC(=NCC)N1CCC(C(=O)N2CCOCC2)CC1.I. The normalized spacial score (nSPS) is 27.1. The number of ether oxygens (including phenoxy) is 1. The molecule has 2 saturated heterocycles. The summed E-state index contributed by atoms with van der Waals surface area (Å²) in [7, 11) is 0. The van der Waals surface area contributed by atoms with Crippen molar-refractivity contribution in [3.63, 3.8) is 0 Å². The lowest BCUT2D eigenvalue weighted by Gasteiger charge is -2.37. The number of likely N-dealkylation sites (tertiary alicyclic amines) is 1. The second-order valence-electron chi connectivity index (χ2n) is 7.53. The molecule has 2 atom stereocenters. The molecule has 2 heterocycles. The third-order valence-corrected chi connectivity index (χ3v) is 5.67. The smallest absolute Gasteiger partial charge is 0.225 e. The first-order chi connectivity index (χ1) is 12.2. The van der Waals surface area contributed by atoms with Gasteiger partial charge in [0.2, 0.25) is 5.91 Å². The van der Waals surface area contributed by atoms with Gasteiger partial charge in [-0.05, 0) is 38.5 Å². The number of rotatable bonds is 5. The summed E-state index contributed by atoms with van der Waals surface area (Å²) in [4.78, 5) is 21.7. The van der Waals surface area contributed by atoms with Gasteiger partial charge in [0.05, 0.1) is 13.2 Å². The molecular formula is C19H35IN4O2. The average molecular weight is 478 g/mol. The lowest BCUT2D eigenvalue weighted by Crippen LogP contribution is -2.50. The van der Waals surface area contributed by atoms with Gasteiger partial charge in [-0.3, -0.25) is 9.79 Å². The number of amides is 1. The quantitative estimate of drug-likeness (QED) is 0.375. The number of nitrogens with zero attached hydrogens (tertiary/aromatic N) is 3. The van der Waals surface area contributed by atoms with Crippen LogP contribution in [0.3, 0.4) is 0 Å². The van der Waals surface area contributed by atoms with Crippen LogP contribution >= 0.6 is 24.0 Å². The first kappa shape index (κ1) is 21.7. The summed E-state index contributed by atoms with van der Waals surface area (Å²) in [5.74, 6) is 2.39.